The summed E-state index contributed by atoms with van der Waals surface area (Å²) in [5.74, 6) is 0.117. The Balaban J connectivity index is 4.59. The molecule has 0 aromatic heterocycles. The van der Waals surface area contributed by atoms with Crippen LogP contribution in [0.2, 0.25) is 0 Å². The van der Waals surface area contributed by atoms with Crippen LogP contribution in [-0.4, -0.2) is 36.7 Å². The van der Waals surface area contributed by atoms with Crippen LogP contribution in [-0.2, 0) is 9.59 Å². The van der Waals surface area contributed by atoms with Crippen molar-refractivity contribution in [2.75, 3.05) is 13.1 Å². The molecule has 0 aromatic carbocycles. The number of nitrogens with one attached hydrogen (secondary N) is 2. The summed E-state index contributed by atoms with van der Waals surface area (Å²) in [6, 6.07) is -0.776. The Labute approximate surface area is 133 Å². The van der Waals surface area contributed by atoms with Crippen LogP contribution >= 0.6 is 0 Å². The molecule has 0 aliphatic heterocycles. The molecule has 22 heavy (non-hydrogen) atoms. The number of primary amides is 1. The van der Waals surface area contributed by atoms with Gasteiger partial charge in [0.1, 0.15) is 5.78 Å². The van der Waals surface area contributed by atoms with Gasteiger partial charge in [-0.2, -0.15) is 0 Å². The first kappa shape index (κ1) is 20.6. The fourth-order valence-electron chi connectivity index (χ4n) is 2.54. The summed E-state index contributed by atoms with van der Waals surface area (Å²) in [4.78, 5) is 35.1. The van der Waals surface area contributed by atoms with Crippen molar-refractivity contribution >= 4 is 17.6 Å². The molecule has 0 rings (SSSR count). The number of hydrogen-bond acceptors (Lipinski definition) is 4. The maximum atomic E-state index is 12.4. The Morgan fingerprint density at radius 2 is 1.73 bits per heavy atom. The van der Waals surface area contributed by atoms with Gasteiger partial charge in [-0.15, -0.1) is 0 Å². The first-order chi connectivity index (χ1) is 10.3. The van der Waals surface area contributed by atoms with Crippen LogP contribution in [0.4, 0.5) is 4.79 Å². The van der Waals surface area contributed by atoms with Crippen molar-refractivity contribution in [1.29, 1.82) is 0 Å². The molecule has 6 heteroatoms. The van der Waals surface area contributed by atoms with Gasteiger partial charge in [-0.1, -0.05) is 27.7 Å². The predicted molar refractivity (Wildman–Crippen MR) is 87.5 cm³/mol. The second-order valence-corrected chi connectivity index (χ2v) is 5.90. The lowest BCUT2D eigenvalue weighted by molar-refractivity contribution is -0.129. The molecule has 0 radical (unpaired) electrons. The van der Waals surface area contributed by atoms with E-state index in [9.17, 15) is 14.4 Å². The Morgan fingerprint density at radius 3 is 2.18 bits per heavy atom. The van der Waals surface area contributed by atoms with Crippen molar-refractivity contribution in [3.05, 3.63) is 0 Å². The Morgan fingerprint density at radius 1 is 1.09 bits per heavy atom. The van der Waals surface area contributed by atoms with Crippen LogP contribution < -0.4 is 16.4 Å². The summed E-state index contributed by atoms with van der Waals surface area (Å²) in [6.07, 6.45) is 1.92. The molecule has 0 fully saturated rings. The van der Waals surface area contributed by atoms with Gasteiger partial charge in [-0.05, 0) is 25.3 Å². The number of urea groups is 1. The van der Waals surface area contributed by atoms with Crippen LogP contribution in [0.5, 0.6) is 0 Å². The number of rotatable bonds is 12. The van der Waals surface area contributed by atoms with Crippen molar-refractivity contribution in [3.63, 3.8) is 0 Å². The van der Waals surface area contributed by atoms with Gasteiger partial charge in [0.2, 0.25) is 0 Å². The van der Waals surface area contributed by atoms with Gasteiger partial charge in [-0.25, -0.2) is 4.79 Å². The Bertz CT molecular complexity index is 370. The highest BCUT2D eigenvalue weighted by atomic mass is 16.2. The second-order valence-electron chi connectivity index (χ2n) is 5.90. The minimum Gasteiger partial charge on any atom is -0.352 e. The zero-order valence-corrected chi connectivity index (χ0v) is 14.3. The molecule has 0 saturated heterocycles. The van der Waals surface area contributed by atoms with Crippen LogP contribution in [0.25, 0.3) is 0 Å². The van der Waals surface area contributed by atoms with Crippen LogP contribution in [0.3, 0.4) is 0 Å². The molecular formula is C16H31N3O3. The molecular weight excluding hydrogens is 282 g/mol. The average molecular weight is 313 g/mol. The minimum atomic E-state index is -0.568. The highest BCUT2D eigenvalue weighted by Crippen LogP contribution is 2.18. The van der Waals surface area contributed by atoms with Gasteiger partial charge >= 0.3 is 6.03 Å². The predicted octanol–water partition coefficient (Wildman–Crippen LogP) is 1.62. The Kier molecular flexibility index (Phi) is 10.5. The van der Waals surface area contributed by atoms with Crippen molar-refractivity contribution in [1.82, 2.24) is 10.6 Å². The largest absolute Gasteiger partial charge is 0.352 e. The number of carbonyl (C=O) groups excluding carboxylic acids is 3. The number of likely N-dealkylation sites (N-methyl/N-ethyl adjacent to an activating group) is 1. The summed E-state index contributed by atoms with van der Waals surface area (Å²) < 4.78 is 0. The number of hydrogen-bond donors (Lipinski definition) is 3. The van der Waals surface area contributed by atoms with E-state index in [1.807, 2.05) is 27.7 Å². The maximum absolute atomic E-state index is 12.4. The highest BCUT2D eigenvalue weighted by molar-refractivity contribution is 5.90. The molecule has 0 unspecified atom stereocenters. The summed E-state index contributed by atoms with van der Waals surface area (Å²) in [5, 5.41) is 5.69. The smallest absolute Gasteiger partial charge is 0.312 e. The molecule has 2 atom stereocenters. The van der Waals surface area contributed by atoms with Crippen LogP contribution in [0, 0.1) is 11.8 Å². The number of carbonyl (C=O) groups is 3. The maximum Gasteiger partial charge on any atom is 0.312 e. The van der Waals surface area contributed by atoms with E-state index in [-0.39, 0.29) is 35.9 Å². The van der Waals surface area contributed by atoms with E-state index in [1.54, 1.807) is 0 Å². The third-order valence-electron chi connectivity index (χ3n) is 3.72. The molecule has 4 N–H and O–H groups in total. The average Bonchev–Trinajstić information content (AvgIpc) is 2.46. The first-order valence-corrected chi connectivity index (χ1v) is 8.15. The van der Waals surface area contributed by atoms with Gasteiger partial charge in [-0.3, -0.25) is 9.59 Å². The highest BCUT2D eigenvalue weighted by Gasteiger charge is 2.26. The van der Waals surface area contributed by atoms with Gasteiger partial charge in [0.25, 0.3) is 0 Å². The van der Waals surface area contributed by atoms with Gasteiger partial charge < -0.3 is 16.4 Å². The standard InChI is InChI=1S/C16H31N3O3/c1-5-13(20)12(8-7-9-19-16(17)22)10-14(21)15(11(3)4)18-6-2/h11-12,15,18H,5-10H2,1-4H3,(H3,17,19,22)/t12-,15+/m1/s1. The molecule has 2 amide bonds. The molecule has 0 spiro atoms. The normalized spacial score (nSPS) is 13.7. The van der Waals surface area contributed by atoms with E-state index >= 15 is 0 Å². The molecule has 0 bridgehead atoms. The fraction of sp³-hybridized carbons (Fsp3) is 0.812. The number of Topliss-reactive ketones (excluding diaryl/α,β-unsaturated/α-hetero) is 2. The monoisotopic (exact) mass is 313 g/mol. The number of ketones is 2. The zero-order valence-electron chi connectivity index (χ0n) is 14.3. The van der Waals surface area contributed by atoms with Gasteiger partial charge in [0, 0.05) is 25.3 Å². The van der Waals surface area contributed by atoms with Crippen molar-refractivity contribution in [2.24, 2.45) is 17.6 Å². The molecule has 0 aromatic rings. The number of amides is 2. The van der Waals surface area contributed by atoms with E-state index in [2.05, 4.69) is 10.6 Å². The third-order valence-corrected chi connectivity index (χ3v) is 3.72. The van der Waals surface area contributed by atoms with E-state index in [4.69, 9.17) is 5.73 Å². The molecule has 128 valence electrons. The SMILES string of the molecule is CCN[C@H](C(=O)C[C@@H](CCCNC(N)=O)C(=O)CC)C(C)C. The topological polar surface area (TPSA) is 101 Å². The minimum absolute atomic E-state index is 0.0894. The second kappa shape index (κ2) is 11.2. The lowest BCUT2D eigenvalue weighted by Gasteiger charge is -2.23. The van der Waals surface area contributed by atoms with Crippen molar-refractivity contribution < 1.29 is 14.4 Å². The third kappa shape index (κ3) is 8.12. The van der Waals surface area contributed by atoms with E-state index in [0.29, 0.717) is 25.8 Å². The summed E-state index contributed by atoms with van der Waals surface area (Å²) in [5.41, 5.74) is 5.00. The molecule has 0 aliphatic carbocycles. The van der Waals surface area contributed by atoms with E-state index in [0.717, 1.165) is 6.54 Å². The molecule has 0 aliphatic rings. The van der Waals surface area contributed by atoms with E-state index in [1.165, 1.54) is 0 Å². The Hall–Kier alpha value is -1.43. The fourth-order valence-corrected chi connectivity index (χ4v) is 2.54. The zero-order chi connectivity index (χ0) is 17.1. The van der Waals surface area contributed by atoms with Gasteiger partial charge in [0.15, 0.2) is 5.78 Å². The van der Waals surface area contributed by atoms with E-state index < -0.39 is 6.03 Å². The summed E-state index contributed by atoms with van der Waals surface area (Å²) in [7, 11) is 0. The van der Waals surface area contributed by atoms with Crippen molar-refractivity contribution in [2.45, 2.75) is 59.4 Å². The number of nitrogens with two attached hydrogens (primary N) is 1. The molecule has 0 saturated carbocycles. The molecule has 6 nitrogen and oxygen atoms in total. The quantitative estimate of drug-likeness (QED) is 0.477. The van der Waals surface area contributed by atoms with Gasteiger partial charge in [0.05, 0.1) is 6.04 Å². The summed E-state index contributed by atoms with van der Waals surface area (Å²) in [6.45, 7) is 8.93. The lowest BCUT2D eigenvalue weighted by atomic mass is 9.87. The van der Waals surface area contributed by atoms with Crippen LogP contribution in [0.15, 0.2) is 0 Å². The van der Waals surface area contributed by atoms with Crippen molar-refractivity contribution in [3.8, 4) is 0 Å². The molecule has 0 heterocycles. The summed E-state index contributed by atoms with van der Waals surface area (Å²) >= 11 is 0. The lowest BCUT2D eigenvalue weighted by Crippen LogP contribution is -2.42. The van der Waals surface area contributed by atoms with Crippen LogP contribution in [0.1, 0.15) is 53.4 Å². The first-order valence-electron chi connectivity index (χ1n) is 8.15.